The molecule has 5 heteroatoms. The second-order valence-corrected chi connectivity index (χ2v) is 5.43. The third kappa shape index (κ3) is 1.38. The topological polar surface area (TPSA) is 54.8 Å². The van der Waals surface area contributed by atoms with Crippen LogP contribution >= 0.6 is 15.9 Å². The first kappa shape index (κ1) is 10.2. The van der Waals surface area contributed by atoms with E-state index < -0.39 is 0 Å². The maximum Gasteiger partial charge on any atom is 0.192 e. The van der Waals surface area contributed by atoms with Crippen LogP contribution in [0.3, 0.4) is 0 Å². The minimum Gasteiger partial charge on any atom is -0.452 e. The van der Waals surface area contributed by atoms with Gasteiger partial charge in [-0.3, -0.25) is 4.99 Å². The number of nitrogens with zero attached hydrogens (tertiary/aromatic N) is 2. The lowest BCUT2D eigenvalue weighted by atomic mass is 9.98. The Morgan fingerprint density at radius 3 is 2.88 bits per heavy atom. The Balaban J connectivity index is 1.98. The average molecular weight is 284 g/mol. The van der Waals surface area contributed by atoms with Gasteiger partial charge in [0.15, 0.2) is 10.6 Å². The minimum absolute atomic E-state index is 0.211. The molecule has 1 aliphatic carbocycles. The number of hydrogen-bond acceptors (Lipinski definition) is 4. The molecule has 0 aromatic carbocycles. The van der Waals surface area contributed by atoms with Crippen LogP contribution in [-0.4, -0.2) is 23.4 Å². The van der Waals surface area contributed by atoms with Crippen molar-refractivity contribution in [2.24, 2.45) is 10.7 Å². The zero-order valence-corrected chi connectivity index (χ0v) is 10.7. The first-order chi connectivity index (χ1) is 7.61. The zero-order chi connectivity index (χ0) is 11.3. The molecular formula is C11H14BrN3O. The van der Waals surface area contributed by atoms with Crippen LogP contribution in [0, 0.1) is 0 Å². The van der Waals surface area contributed by atoms with E-state index >= 15 is 0 Å². The van der Waals surface area contributed by atoms with E-state index in [2.05, 4.69) is 32.7 Å². The van der Waals surface area contributed by atoms with E-state index in [-0.39, 0.29) is 5.54 Å². The van der Waals surface area contributed by atoms with Crippen LogP contribution in [-0.2, 0) is 5.54 Å². The molecule has 1 unspecified atom stereocenters. The number of rotatable bonds is 2. The van der Waals surface area contributed by atoms with Gasteiger partial charge in [0, 0.05) is 6.04 Å². The van der Waals surface area contributed by atoms with E-state index in [4.69, 9.17) is 10.2 Å². The largest absolute Gasteiger partial charge is 0.452 e. The van der Waals surface area contributed by atoms with Crippen molar-refractivity contribution in [2.45, 2.75) is 31.3 Å². The van der Waals surface area contributed by atoms with Gasteiger partial charge in [0.25, 0.3) is 0 Å². The van der Waals surface area contributed by atoms with Gasteiger partial charge in [-0.2, -0.15) is 0 Å². The van der Waals surface area contributed by atoms with Crippen molar-refractivity contribution >= 4 is 21.9 Å². The van der Waals surface area contributed by atoms with Crippen LogP contribution in [0.2, 0.25) is 0 Å². The molecular weight excluding hydrogens is 270 g/mol. The summed E-state index contributed by atoms with van der Waals surface area (Å²) in [6, 6.07) is 4.45. The highest BCUT2D eigenvalue weighted by Crippen LogP contribution is 2.42. The summed E-state index contributed by atoms with van der Waals surface area (Å²) in [6.45, 7) is 2.81. The van der Waals surface area contributed by atoms with E-state index in [0.29, 0.717) is 18.5 Å². The maximum atomic E-state index is 5.96. The Bertz CT molecular complexity index is 452. The first-order valence-electron chi connectivity index (χ1n) is 5.46. The molecule has 2 aliphatic rings. The van der Waals surface area contributed by atoms with E-state index in [1.807, 2.05) is 12.1 Å². The lowest BCUT2D eigenvalue weighted by Crippen LogP contribution is -2.48. The third-order valence-corrected chi connectivity index (χ3v) is 3.77. The lowest BCUT2D eigenvalue weighted by Gasteiger charge is -2.34. The Morgan fingerprint density at radius 1 is 1.56 bits per heavy atom. The number of nitrogens with two attached hydrogens (primary N) is 1. The fourth-order valence-corrected chi connectivity index (χ4v) is 2.67. The molecule has 3 rings (SSSR count). The summed E-state index contributed by atoms with van der Waals surface area (Å²) < 4.78 is 6.43. The van der Waals surface area contributed by atoms with Crippen molar-refractivity contribution in [1.29, 1.82) is 0 Å². The van der Waals surface area contributed by atoms with Gasteiger partial charge in [-0.05, 0) is 47.8 Å². The van der Waals surface area contributed by atoms with Gasteiger partial charge in [0.05, 0.1) is 6.54 Å². The molecule has 0 spiro atoms. The number of halogens is 1. The highest BCUT2D eigenvalue weighted by atomic mass is 79.9. The Morgan fingerprint density at radius 2 is 2.31 bits per heavy atom. The van der Waals surface area contributed by atoms with Crippen molar-refractivity contribution < 1.29 is 4.42 Å². The molecule has 16 heavy (non-hydrogen) atoms. The molecule has 1 saturated carbocycles. The SMILES string of the molecule is CC1(c2ccc(Br)o2)CN=C(N)N1C1CC1. The molecule has 0 saturated heterocycles. The Hall–Kier alpha value is -0.970. The smallest absolute Gasteiger partial charge is 0.192 e. The summed E-state index contributed by atoms with van der Waals surface area (Å²) in [4.78, 5) is 6.57. The molecule has 1 aliphatic heterocycles. The molecule has 1 aromatic rings. The molecule has 2 heterocycles. The van der Waals surface area contributed by atoms with E-state index in [9.17, 15) is 0 Å². The number of guanidine groups is 1. The highest BCUT2D eigenvalue weighted by molar-refractivity contribution is 9.10. The van der Waals surface area contributed by atoms with Gasteiger partial charge in [0.2, 0.25) is 0 Å². The normalized spacial score (nSPS) is 29.6. The molecule has 1 fully saturated rings. The summed E-state index contributed by atoms with van der Waals surface area (Å²) in [5, 5.41) is 0. The molecule has 86 valence electrons. The van der Waals surface area contributed by atoms with Crippen LogP contribution in [0.15, 0.2) is 26.2 Å². The molecule has 0 amide bonds. The molecule has 0 bridgehead atoms. The minimum atomic E-state index is -0.211. The van der Waals surface area contributed by atoms with Gasteiger partial charge in [0.1, 0.15) is 11.3 Å². The van der Waals surface area contributed by atoms with Gasteiger partial charge >= 0.3 is 0 Å². The van der Waals surface area contributed by atoms with Crippen molar-refractivity contribution in [1.82, 2.24) is 4.90 Å². The summed E-state index contributed by atoms with van der Waals surface area (Å²) in [6.07, 6.45) is 2.40. The molecule has 1 atom stereocenters. The summed E-state index contributed by atoms with van der Waals surface area (Å²) in [5.74, 6) is 1.58. The predicted molar refractivity (Wildman–Crippen MR) is 65.1 cm³/mol. The Kier molecular flexibility index (Phi) is 2.08. The fourth-order valence-electron chi connectivity index (χ4n) is 2.36. The van der Waals surface area contributed by atoms with Gasteiger partial charge in [-0.25, -0.2) is 0 Å². The number of furan rings is 1. The quantitative estimate of drug-likeness (QED) is 0.904. The number of aliphatic imine (C=N–C) groups is 1. The van der Waals surface area contributed by atoms with E-state index in [0.717, 1.165) is 10.4 Å². The predicted octanol–water partition coefficient (Wildman–Crippen LogP) is 2.05. The monoisotopic (exact) mass is 283 g/mol. The van der Waals surface area contributed by atoms with Gasteiger partial charge < -0.3 is 15.1 Å². The van der Waals surface area contributed by atoms with E-state index in [1.165, 1.54) is 12.8 Å². The highest BCUT2D eigenvalue weighted by Gasteiger charge is 2.48. The first-order valence-corrected chi connectivity index (χ1v) is 6.25. The lowest BCUT2D eigenvalue weighted by molar-refractivity contribution is 0.178. The van der Waals surface area contributed by atoms with Crippen LogP contribution in [0.1, 0.15) is 25.5 Å². The summed E-state index contributed by atoms with van der Waals surface area (Å²) in [5.41, 5.74) is 5.75. The van der Waals surface area contributed by atoms with Gasteiger partial charge in [-0.1, -0.05) is 0 Å². The maximum absolute atomic E-state index is 5.96. The summed E-state index contributed by atoms with van der Waals surface area (Å²) in [7, 11) is 0. The average Bonchev–Trinajstić information content (AvgIpc) is 2.89. The second-order valence-electron chi connectivity index (χ2n) is 4.65. The van der Waals surface area contributed by atoms with Crippen LogP contribution in [0.4, 0.5) is 0 Å². The van der Waals surface area contributed by atoms with Crippen molar-refractivity contribution in [3.05, 3.63) is 22.6 Å². The fraction of sp³-hybridized carbons (Fsp3) is 0.545. The van der Waals surface area contributed by atoms with Crippen molar-refractivity contribution in [2.75, 3.05) is 6.54 Å². The standard InChI is InChI=1S/C11H14BrN3O/c1-11(8-4-5-9(12)16-8)6-14-10(13)15(11)7-2-3-7/h4-5,7H,2-3,6H2,1H3,(H2,13,14). The van der Waals surface area contributed by atoms with Crippen molar-refractivity contribution in [3.8, 4) is 0 Å². The van der Waals surface area contributed by atoms with Crippen LogP contribution < -0.4 is 5.73 Å². The molecule has 2 N–H and O–H groups in total. The second kappa shape index (κ2) is 3.26. The van der Waals surface area contributed by atoms with Crippen molar-refractivity contribution in [3.63, 3.8) is 0 Å². The Labute approximate surface area is 103 Å². The molecule has 0 radical (unpaired) electrons. The van der Waals surface area contributed by atoms with Gasteiger partial charge in [-0.15, -0.1) is 0 Å². The molecule has 4 nitrogen and oxygen atoms in total. The third-order valence-electron chi connectivity index (χ3n) is 3.34. The van der Waals surface area contributed by atoms with Crippen LogP contribution in [0.5, 0.6) is 0 Å². The van der Waals surface area contributed by atoms with E-state index in [1.54, 1.807) is 0 Å². The molecule has 1 aromatic heterocycles. The van der Waals surface area contributed by atoms with Crippen LogP contribution in [0.25, 0.3) is 0 Å². The zero-order valence-electron chi connectivity index (χ0n) is 9.11. The number of hydrogen-bond donors (Lipinski definition) is 1. The summed E-state index contributed by atoms with van der Waals surface area (Å²) >= 11 is 3.34.